The summed E-state index contributed by atoms with van der Waals surface area (Å²) in [4.78, 5) is 8.32. The highest BCUT2D eigenvalue weighted by Crippen LogP contribution is 2.13. The fraction of sp³-hybridized carbons (Fsp3) is 0.308. The standard InChI is InChI=1S/C13H18N6.HI/c1-9-4-5-11(6-10(9)2)18-13(14)15-7-12-16-8-17-19(12)3;/h4-6,8H,7H2,1-3H3,(H3,14,15,18);1H. The van der Waals surface area contributed by atoms with E-state index in [0.717, 1.165) is 11.5 Å². The molecule has 0 atom stereocenters. The van der Waals surface area contributed by atoms with E-state index >= 15 is 0 Å². The van der Waals surface area contributed by atoms with Crippen molar-refractivity contribution in [2.24, 2.45) is 17.8 Å². The molecule has 20 heavy (non-hydrogen) atoms. The second kappa shape index (κ2) is 7.22. The maximum Gasteiger partial charge on any atom is 0.193 e. The van der Waals surface area contributed by atoms with E-state index in [9.17, 15) is 0 Å². The number of aliphatic imine (C=N–C) groups is 1. The fourth-order valence-electron chi connectivity index (χ4n) is 1.63. The average Bonchev–Trinajstić information content (AvgIpc) is 2.77. The molecule has 6 nitrogen and oxygen atoms in total. The van der Waals surface area contributed by atoms with Crippen molar-refractivity contribution in [3.63, 3.8) is 0 Å². The number of nitrogens with one attached hydrogen (secondary N) is 1. The highest BCUT2D eigenvalue weighted by molar-refractivity contribution is 14.0. The molecule has 0 aliphatic heterocycles. The van der Waals surface area contributed by atoms with E-state index < -0.39 is 0 Å². The van der Waals surface area contributed by atoms with Gasteiger partial charge in [0.25, 0.3) is 0 Å². The number of aryl methyl sites for hydroxylation is 3. The Morgan fingerprint density at radius 3 is 2.70 bits per heavy atom. The van der Waals surface area contributed by atoms with E-state index in [1.54, 1.807) is 4.68 Å². The van der Waals surface area contributed by atoms with Gasteiger partial charge in [-0.25, -0.2) is 9.98 Å². The Bertz CT molecular complexity index is 605. The molecule has 0 unspecified atom stereocenters. The van der Waals surface area contributed by atoms with Crippen LogP contribution in [0.25, 0.3) is 0 Å². The summed E-state index contributed by atoms with van der Waals surface area (Å²) < 4.78 is 1.67. The Labute approximate surface area is 135 Å². The zero-order valence-corrected chi connectivity index (χ0v) is 14.1. The van der Waals surface area contributed by atoms with Crippen LogP contribution in [-0.2, 0) is 13.6 Å². The van der Waals surface area contributed by atoms with E-state index in [1.807, 2.05) is 25.2 Å². The van der Waals surface area contributed by atoms with Gasteiger partial charge < -0.3 is 11.1 Å². The molecule has 7 heteroatoms. The zero-order valence-electron chi connectivity index (χ0n) is 11.8. The minimum absolute atomic E-state index is 0. The summed E-state index contributed by atoms with van der Waals surface area (Å²) >= 11 is 0. The van der Waals surface area contributed by atoms with Gasteiger partial charge in [-0.3, -0.25) is 4.68 Å². The summed E-state index contributed by atoms with van der Waals surface area (Å²) in [7, 11) is 1.82. The molecular formula is C13H19IN6. The van der Waals surface area contributed by atoms with E-state index in [-0.39, 0.29) is 24.0 Å². The van der Waals surface area contributed by atoms with Gasteiger partial charge in [-0.1, -0.05) is 6.07 Å². The summed E-state index contributed by atoms with van der Waals surface area (Å²) in [6.07, 6.45) is 1.50. The number of benzene rings is 1. The fourth-order valence-corrected chi connectivity index (χ4v) is 1.63. The molecule has 1 aromatic carbocycles. The summed E-state index contributed by atoms with van der Waals surface area (Å²) in [5, 5.41) is 7.04. The lowest BCUT2D eigenvalue weighted by molar-refractivity contribution is 0.702. The van der Waals surface area contributed by atoms with Crippen LogP contribution in [0.2, 0.25) is 0 Å². The van der Waals surface area contributed by atoms with Gasteiger partial charge in [-0.05, 0) is 37.1 Å². The number of hydrogen-bond donors (Lipinski definition) is 2. The topological polar surface area (TPSA) is 81.1 Å². The summed E-state index contributed by atoms with van der Waals surface area (Å²) in [6, 6.07) is 6.07. The SMILES string of the molecule is Cc1ccc(NC(N)=NCc2ncnn2C)cc1C.I. The van der Waals surface area contributed by atoms with E-state index in [2.05, 4.69) is 34.2 Å². The molecule has 1 heterocycles. The Kier molecular flexibility index (Phi) is 5.93. The first kappa shape index (κ1) is 16.4. The molecule has 0 fully saturated rings. The van der Waals surface area contributed by atoms with Gasteiger partial charge in [0.05, 0.1) is 0 Å². The molecule has 2 rings (SSSR count). The predicted octanol–water partition coefficient (Wildman–Crippen LogP) is 1.98. The van der Waals surface area contributed by atoms with Crippen molar-refractivity contribution in [2.45, 2.75) is 20.4 Å². The first-order valence-corrected chi connectivity index (χ1v) is 6.03. The van der Waals surface area contributed by atoms with Crippen LogP contribution in [-0.4, -0.2) is 20.7 Å². The van der Waals surface area contributed by atoms with Gasteiger partial charge in [-0.2, -0.15) is 5.10 Å². The minimum atomic E-state index is 0. The van der Waals surface area contributed by atoms with Crippen LogP contribution in [0.1, 0.15) is 17.0 Å². The monoisotopic (exact) mass is 386 g/mol. The zero-order chi connectivity index (χ0) is 13.8. The second-order valence-corrected chi connectivity index (χ2v) is 4.43. The summed E-state index contributed by atoms with van der Waals surface area (Å²) in [6.45, 7) is 4.54. The molecule has 3 N–H and O–H groups in total. The van der Waals surface area contributed by atoms with Gasteiger partial charge in [-0.15, -0.1) is 24.0 Å². The maximum atomic E-state index is 5.84. The van der Waals surface area contributed by atoms with Gasteiger partial charge in [0, 0.05) is 12.7 Å². The number of nitrogens with two attached hydrogens (primary N) is 1. The van der Waals surface area contributed by atoms with Gasteiger partial charge in [0.15, 0.2) is 5.96 Å². The normalized spacial score (nSPS) is 11.1. The third-order valence-electron chi connectivity index (χ3n) is 2.98. The van der Waals surface area contributed by atoms with Crippen molar-refractivity contribution < 1.29 is 0 Å². The quantitative estimate of drug-likeness (QED) is 0.480. The molecule has 1 aromatic heterocycles. The predicted molar refractivity (Wildman–Crippen MR) is 91.3 cm³/mol. The maximum absolute atomic E-state index is 5.84. The summed E-state index contributed by atoms with van der Waals surface area (Å²) in [5.74, 6) is 1.14. The first-order valence-electron chi connectivity index (χ1n) is 6.03. The van der Waals surface area contributed by atoms with Crippen LogP contribution in [0.15, 0.2) is 29.5 Å². The molecule has 0 amide bonds. The number of rotatable bonds is 3. The molecule has 0 aliphatic carbocycles. The summed E-state index contributed by atoms with van der Waals surface area (Å²) in [5.41, 5.74) is 9.24. The molecule has 108 valence electrons. The third kappa shape index (κ3) is 4.19. The Morgan fingerprint density at radius 2 is 2.10 bits per heavy atom. The molecular weight excluding hydrogens is 367 g/mol. The molecule has 0 radical (unpaired) electrons. The van der Waals surface area contributed by atoms with Crippen molar-refractivity contribution in [1.82, 2.24) is 14.8 Å². The van der Waals surface area contributed by atoms with Crippen LogP contribution in [0.4, 0.5) is 5.69 Å². The van der Waals surface area contributed by atoms with Crippen molar-refractivity contribution in [3.05, 3.63) is 41.5 Å². The van der Waals surface area contributed by atoms with Crippen molar-refractivity contribution >= 4 is 35.6 Å². The largest absolute Gasteiger partial charge is 0.370 e. The molecule has 0 spiro atoms. The average molecular weight is 386 g/mol. The number of anilines is 1. The van der Waals surface area contributed by atoms with Crippen molar-refractivity contribution in [1.29, 1.82) is 0 Å². The first-order chi connectivity index (χ1) is 9.06. The second-order valence-electron chi connectivity index (χ2n) is 4.43. The van der Waals surface area contributed by atoms with E-state index in [0.29, 0.717) is 12.5 Å². The van der Waals surface area contributed by atoms with Gasteiger partial charge >= 0.3 is 0 Å². The van der Waals surface area contributed by atoms with E-state index in [4.69, 9.17) is 5.73 Å². The minimum Gasteiger partial charge on any atom is -0.370 e. The number of halogens is 1. The molecule has 0 saturated carbocycles. The van der Waals surface area contributed by atoms with Crippen LogP contribution in [0.5, 0.6) is 0 Å². The number of aromatic nitrogens is 3. The molecule has 2 aromatic rings. The number of guanidine groups is 1. The van der Waals surface area contributed by atoms with Gasteiger partial charge in [0.2, 0.25) is 0 Å². The van der Waals surface area contributed by atoms with Crippen LogP contribution in [0, 0.1) is 13.8 Å². The Morgan fingerprint density at radius 1 is 1.35 bits per heavy atom. The lowest BCUT2D eigenvalue weighted by Gasteiger charge is -2.08. The third-order valence-corrected chi connectivity index (χ3v) is 2.98. The Balaban J connectivity index is 0.00000200. The van der Waals surface area contributed by atoms with E-state index in [1.165, 1.54) is 17.5 Å². The van der Waals surface area contributed by atoms with Crippen LogP contribution in [0.3, 0.4) is 0 Å². The van der Waals surface area contributed by atoms with Crippen LogP contribution >= 0.6 is 24.0 Å². The molecule has 0 saturated heterocycles. The Hall–Kier alpha value is -1.64. The lowest BCUT2D eigenvalue weighted by atomic mass is 10.1. The van der Waals surface area contributed by atoms with Crippen molar-refractivity contribution in [2.75, 3.05) is 5.32 Å². The highest BCUT2D eigenvalue weighted by Gasteiger charge is 2.00. The van der Waals surface area contributed by atoms with Gasteiger partial charge in [0.1, 0.15) is 18.7 Å². The highest BCUT2D eigenvalue weighted by atomic mass is 127. The van der Waals surface area contributed by atoms with Crippen LogP contribution < -0.4 is 11.1 Å². The number of nitrogens with zero attached hydrogens (tertiary/aromatic N) is 4. The van der Waals surface area contributed by atoms with Crippen molar-refractivity contribution in [3.8, 4) is 0 Å². The number of hydrogen-bond acceptors (Lipinski definition) is 3. The molecule has 0 aliphatic rings. The smallest absolute Gasteiger partial charge is 0.193 e. The molecule has 0 bridgehead atoms. The lowest BCUT2D eigenvalue weighted by Crippen LogP contribution is -2.23.